The molecule has 8 heteroatoms. The van der Waals surface area contributed by atoms with Gasteiger partial charge in [-0.3, -0.25) is 5.04 Å². The molecule has 0 aromatic heterocycles. The molecular weight excluding hydrogens is 432 g/mol. The fraction of sp³-hybridized carbons (Fsp3) is 0.667. The zero-order chi connectivity index (χ0) is 23.4. The molecule has 0 bridgehead atoms. The smallest absolute Gasteiger partial charge is 0.338 e. The summed E-state index contributed by atoms with van der Waals surface area (Å²) in [6.45, 7) is 4.98. The Kier molecular flexibility index (Phi) is 16.8. The first-order valence-corrected chi connectivity index (χ1v) is 12.5. The van der Waals surface area contributed by atoms with Crippen LogP contribution in [-0.4, -0.2) is 25.2 Å². The van der Waals surface area contributed by atoms with E-state index in [0.717, 1.165) is 38.5 Å². The molecule has 0 aliphatic rings. The normalized spacial score (nSPS) is 10.8. The van der Waals surface area contributed by atoms with Gasteiger partial charge in [0.05, 0.1) is 36.4 Å². The van der Waals surface area contributed by atoms with Crippen molar-refractivity contribution in [2.45, 2.75) is 95.8 Å². The lowest BCUT2D eigenvalue weighted by molar-refractivity contribution is -0.777. The molecule has 0 amide bonds. The van der Waals surface area contributed by atoms with E-state index in [4.69, 9.17) is 9.47 Å². The lowest BCUT2D eigenvalue weighted by Gasteiger charge is -2.10. The Labute approximate surface area is 196 Å². The van der Waals surface area contributed by atoms with Crippen molar-refractivity contribution in [2.75, 3.05) is 13.2 Å². The van der Waals surface area contributed by atoms with E-state index in [1.807, 2.05) is 0 Å². The van der Waals surface area contributed by atoms with Gasteiger partial charge in [0, 0.05) is 4.90 Å². The second kappa shape index (κ2) is 18.9. The Morgan fingerprint density at radius 1 is 0.719 bits per heavy atom. The molecule has 32 heavy (non-hydrogen) atoms. The number of rotatable bonds is 19. The van der Waals surface area contributed by atoms with Crippen molar-refractivity contribution in [3.63, 3.8) is 0 Å². The van der Waals surface area contributed by atoms with E-state index >= 15 is 0 Å². The van der Waals surface area contributed by atoms with Crippen LogP contribution in [0.15, 0.2) is 23.1 Å². The fourth-order valence-electron chi connectivity index (χ4n) is 3.20. The summed E-state index contributed by atoms with van der Waals surface area (Å²) in [7, 11) is 0. The molecule has 0 heterocycles. The maximum atomic E-state index is 12.4. The summed E-state index contributed by atoms with van der Waals surface area (Å²) < 4.78 is 15.0. The van der Waals surface area contributed by atoms with Crippen LogP contribution in [-0.2, 0) is 18.8 Å². The number of ether oxygens (including phenoxy) is 2. The summed E-state index contributed by atoms with van der Waals surface area (Å²) >= 11 is 0.612. The fourth-order valence-corrected chi connectivity index (χ4v) is 3.65. The summed E-state index contributed by atoms with van der Waals surface area (Å²) in [6.07, 6.45) is 13.1. The number of esters is 2. The van der Waals surface area contributed by atoms with Gasteiger partial charge in [0.15, 0.2) is 0 Å². The van der Waals surface area contributed by atoms with Gasteiger partial charge in [0.1, 0.15) is 0 Å². The van der Waals surface area contributed by atoms with Crippen molar-refractivity contribution >= 4 is 24.0 Å². The van der Waals surface area contributed by atoms with Crippen LogP contribution < -0.4 is 5.26 Å². The molecule has 1 rings (SSSR count). The van der Waals surface area contributed by atoms with Gasteiger partial charge in [-0.1, -0.05) is 78.1 Å². The molecular formula is C24H37O7S-. The van der Waals surface area contributed by atoms with Crippen LogP contribution >= 0.6 is 12.0 Å². The Bertz CT molecular complexity index is 603. The zero-order valence-electron chi connectivity index (χ0n) is 19.4. The number of carbonyl (C=O) groups excluding carboxylic acids is 2. The van der Waals surface area contributed by atoms with Crippen molar-refractivity contribution in [2.24, 2.45) is 0 Å². The van der Waals surface area contributed by atoms with Gasteiger partial charge in [-0.25, -0.2) is 9.59 Å². The van der Waals surface area contributed by atoms with Gasteiger partial charge < -0.3 is 14.7 Å². The molecule has 0 saturated carbocycles. The molecule has 7 nitrogen and oxygen atoms in total. The average molecular weight is 470 g/mol. The summed E-state index contributed by atoms with van der Waals surface area (Å²) in [5.41, 5.74) is 0.393. The van der Waals surface area contributed by atoms with Crippen LogP contribution in [0.5, 0.6) is 0 Å². The summed E-state index contributed by atoms with van der Waals surface area (Å²) in [6, 6.07) is 4.41. The van der Waals surface area contributed by atoms with Crippen LogP contribution in [0.25, 0.3) is 0 Å². The molecule has 182 valence electrons. The van der Waals surface area contributed by atoms with Crippen molar-refractivity contribution in [1.82, 2.24) is 0 Å². The molecule has 0 N–H and O–H groups in total. The quantitative estimate of drug-likeness (QED) is 0.0806. The molecule has 0 spiro atoms. The van der Waals surface area contributed by atoms with E-state index in [1.165, 1.54) is 56.7 Å². The van der Waals surface area contributed by atoms with Crippen LogP contribution in [0.1, 0.15) is 112 Å². The van der Waals surface area contributed by atoms with E-state index in [2.05, 4.69) is 23.2 Å². The largest absolute Gasteiger partial charge is 0.691 e. The zero-order valence-corrected chi connectivity index (χ0v) is 20.2. The van der Waals surface area contributed by atoms with Gasteiger partial charge in [-0.2, -0.15) is 4.33 Å². The highest BCUT2D eigenvalue weighted by Gasteiger charge is 2.16. The molecule has 0 aliphatic carbocycles. The predicted molar refractivity (Wildman–Crippen MR) is 122 cm³/mol. The van der Waals surface area contributed by atoms with Gasteiger partial charge >= 0.3 is 11.9 Å². The molecule has 0 unspecified atom stereocenters. The van der Waals surface area contributed by atoms with E-state index in [1.54, 1.807) is 0 Å². The first kappa shape index (κ1) is 28.4. The second-order valence-electron chi connectivity index (χ2n) is 7.77. The first-order valence-electron chi connectivity index (χ1n) is 11.7. The van der Waals surface area contributed by atoms with Gasteiger partial charge in [-0.15, -0.1) is 0 Å². The highest BCUT2D eigenvalue weighted by atomic mass is 32.2. The third-order valence-electron chi connectivity index (χ3n) is 5.00. The standard InChI is InChI=1S/C24H38O7S/c1-3-5-7-9-11-13-15-28-23(25)20-17-21(19-22(18-20)32-31-30-27)24(26)29-16-14-12-10-8-6-4-2/h17-19,27H,3-16H2,1-2H3/p-1. The molecule has 1 aromatic carbocycles. The molecule has 1 aromatic rings. The Balaban J connectivity index is 2.58. The molecule has 0 fully saturated rings. The third kappa shape index (κ3) is 13.1. The van der Waals surface area contributed by atoms with E-state index in [9.17, 15) is 14.8 Å². The highest BCUT2D eigenvalue weighted by Crippen LogP contribution is 2.23. The van der Waals surface area contributed by atoms with Crippen LogP contribution in [0.3, 0.4) is 0 Å². The third-order valence-corrected chi connectivity index (χ3v) is 5.55. The van der Waals surface area contributed by atoms with E-state index in [-0.39, 0.29) is 11.1 Å². The van der Waals surface area contributed by atoms with Crippen LogP contribution in [0.2, 0.25) is 0 Å². The van der Waals surface area contributed by atoms with Crippen LogP contribution in [0.4, 0.5) is 0 Å². The maximum absolute atomic E-state index is 12.4. The predicted octanol–water partition coefficient (Wildman–Crippen LogP) is 5.95. The second-order valence-corrected chi connectivity index (χ2v) is 8.55. The van der Waals surface area contributed by atoms with Crippen LogP contribution in [0, 0.1) is 0 Å². The molecule has 0 saturated heterocycles. The average Bonchev–Trinajstić information content (AvgIpc) is 2.81. The number of hydrogen-bond acceptors (Lipinski definition) is 8. The SMILES string of the molecule is CCCCCCCCOC(=O)c1cc(SOO[O-])cc(C(=O)OCCCCCCCC)c1. The lowest BCUT2D eigenvalue weighted by Crippen LogP contribution is -2.11. The minimum atomic E-state index is -0.533. The van der Waals surface area contributed by atoms with Crippen molar-refractivity contribution < 1.29 is 33.7 Å². The first-order chi connectivity index (χ1) is 15.6. The van der Waals surface area contributed by atoms with E-state index < -0.39 is 11.9 Å². The Hall–Kier alpha value is -1.61. The summed E-state index contributed by atoms with van der Waals surface area (Å²) in [4.78, 5) is 25.3. The van der Waals surface area contributed by atoms with Crippen molar-refractivity contribution in [1.29, 1.82) is 0 Å². The number of hydrogen-bond donors (Lipinski definition) is 0. The monoisotopic (exact) mass is 469 g/mol. The minimum Gasteiger partial charge on any atom is -0.691 e. The number of carbonyl (C=O) groups is 2. The lowest BCUT2D eigenvalue weighted by atomic mass is 10.1. The van der Waals surface area contributed by atoms with Gasteiger partial charge in [-0.05, 0) is 31.0 Å². The highest BCUT2D eigenvalue weighted by molar-refractivity contribution is 7.94. The molecule has 0 radical (unpaired) electrons. The number of unbranched alkanes of at least 4 members (excludes halogenated alkanes) is 10. The van der Waals surface area contributed by atoms with Gasteiger partial charge in [0.25, 0.3) is 0 Å². The Morgan fingerprint density at radius 2 is 1.16 bits per heavy atom. The Morgan fingerprint density at radius 3 is 1.59 bits per heavy atom. The van der Waals surface area contributed by atoms with E-state index in [0.29, 0.717) is 30.2 Å². The topological polar surface area (TPSA) is 94.1 Å². The van der Waals surface area contributed by atoms with Crippen molar-refractivity contribution in [3.05, 3.63) is 29.3 Å². The maximum Gasteiger partial charge on any atom is 0.338 e. The molecule has 0 atom stereocenters. The number of benzene rings is 1. The minimum absolute atomic E-state index is 0.196. The molecule has 0 aliphatic heterocycles. The van der Waals surface area contributed by atoms with Crippen molar-refractivity contribution in [3.8, 4) is 0 Å². The summed E-state index contributed by atoms with van der Waals surface area (Å²) in [5.74, 6) is -1.07. The summed E-state index contributed by atoms with van der Waals surface area (Å²) in [5, 5.41) is 13.5. The van der Waals surface area contributed by atoms with Gasteiger partial charge in [0.2, 0.25) is 0 Å².